The predicted octanol–water partition coefficient (Wildman–Crippen LogP) is 5.16. The van der Waals surface area contributed by atoms with Crippen molar-refractivity contribution in [1.82, 2.24) is 0 Å². The molecule has 1 saturated carbocycles. The molecule has 4 aromatic carbocycles. The van der Waals surface area contributed by atoms with Crippen molar-refractivity contribution in [3.05, 3.63) is 143 Å². The van der Waals surface area contributed by atoms with Gasteiger partial charge in [-0.05, 0) is 22.3 Å². The Labute approximate surface area is 193 Å². The molecular formula is C30H24O3. The van der Waals surface area contributed by atoms with Gasteiger partial charge in [-0.15, -0.1) is 0 Å². The lowest BCUT2D eigenvalue weighted by molar-refractivity contribution is -0.159. The highest BCUT2D eigenvalue weighted by Crippen LogP contribution is 2.70. The summed E-state index contributed by atoms with van der Waals surface area (Å²) in [5.41, 5.74) is -0.0630. The van der Waals surface area contributed by atoms with Crippen LogP contribution in [-0.4, -0.2) is 16.0 Å². The van der Waals surface area contributed by atoms with Gasteiger partial charge in [0.05, 0.1) is 5.92 Å². The summed E-state index contributed by atoms with van der Waals surface area (Å²) in [6, 6.07) is 36.1. The zero-order valence-corrected chi connectivity index (χ0v) is 18.0. The van der Waals surface area contributed by atoms with E-state index < -0.39 is 29.0 Å². The first-order valence-electron chi connectivity index (χ1n) is 11.3. The highest BCUT2D eigenvalue weighted by molar-refractivity contribution is 6.05. The average Bonchev–Trinajstić information content (AvgIpc) is 3.24. The van der Waals surface area contributed by atoms with Crippen molar-refractivity contribution >= 4 is 5.78 Å². The van der Waals surface area contributed by atoms with Crippen LogP contribution in [0.3, 0.4) is 0 Å². The second-order valence-corrected chi connectivity index (χ2v) is 9.11. The number of rotatable bonds is 3. The molecule has 0 aromatic heterocycles. The van der Waals surface area contributed by atoms with E-state index in [1.165, 1.54) is 0 Å². The molecule has 3 heteroatoms. The first kappa shape index (κ1) is 20.1. The largest absolute Gasteiger partial charge is 0.381 e. The van der Waals surface area contributed by atoms with Gasteiger partial charge >= 0.3 is 0 Å². The molecule has 2 aliphatic rings. The molecule has 33 heavy (non-hydrogen) atoms. The molecule has 3 nitrogen and oxygen atoms in total. The maximum atomic E-state index is 13.9. The topological polar surface area (TPSA) is 57.5 Å². The maximum Gasteiger partial charge on any atom is 0.170 e. The number of hydrogen-bond donors (Lipinski definition) is 2. The van der Waals surface area contributed by atoms with Gasteiger partial charge in [-0.1, -0.05) is 115 Å². The van der Waals surface area contributed by atoms with Gasteiger partial charge in [0.1, 0.15) is 11.2 Å². The summed E-state index contributed by atoms with van der Waals surface area (Å²) in [5.74, 6) is -1.87. The standard InChI is InChI=1S/C30H24O3/c31-28-23-18-10-11-19-24(23)30(33)27(28)25(20-12-4-1-5-13-20)26(21-14-6-2-7-15-21)29(30,32)22-16-8-3-9-17-22/h1-19,25-27,32-33H/t25-,26-,27-,29+,30+/m1/s1. The molecule has 2 aliphatic carbocycles. The molecule has 0 amide bonds. The Hall–Kier alpha value is -3.53. The van der Waals surface area contributed by atoms with Crippen LogP contribution in [0.2, 0.25) is 0 Å². The second kappa shape index (κ2) is 7.24. The fourth-order valence-corrected chi connectivity index (χ4v) is 6.37. The van der Waals surface area contributed by atoms with Crippen LogP contribution in [0.4, 0.5) is 0 Å². The Bertz CT molecular complexity index is 1320. The maximum absolute atomic E-state index is 13.9. The van der Waals surface area contributed by atoms with Crippen molar-refractivity contribution in [1.29, 1.82) is 0 Å². The van der Waals surface area contributed by atoms with Gasteiger partial charge in [0.15, 0.2) is 5.78 Å². The van der Waals surface area contributed by atoms with Crippen molar-refractivity contribution in [2.24, 2.45) is 5.92 Å². The molecule has 4 aromatic rings. The Morgan fingerprint density at radius 1 is 0.545 bits per heavy atom. The van der Waals surface area contributed by atoms with Crippen molar-refractivity contribution in [3.63, 3.8) is 0 Å². The summed E-state index contributed by atoms with van der Waals surface area (Å²) in [4.78, 5) is 13.9. The van der Waals surface area contributed by atoms with E-state index in [2.05, 4.69) is 0 Å². The van der Waals surface area contributed by atoms with Crippen molar-refractivity contribution < 1.29 is 15.0 Å². The summed E-state index contributed by atoms with van der Waals surface area (Å²) < 4.78 is 0. The minimum Gasteiger partial charge on any atom is -0.381 e. The van der Waals surface area contributed by atoms with E-state index >= 15 is 0 Å². The van der Waals surface area contributed by atoms with Gasteiger partial charge in [0.25, 0.3) is 0 Å². The summed E-state index contributed by atoms with van der Waals surface area (Å²) in [6.45, 7) is 0. The van der Waals surface area contributed by atoms with Crippen LogP contribution in [0, 0.1) is 5.92 Å². The number of Topliss-reactive ketones (excluding diaryl/α,β-unsaturated/α-hetero) is 1. The van der Waals surface area contributed by atoms with Gasteiger partial charge in [0, 0.05) is 17.4 Å². The lowest BCUT2D eigenvalue weighted by Crippen LogP contribution is -2.49. The molecule has 0 radical (unpaired) electrons. The molecule has 0 heterocycles. The first-order chi connectivity index (χ1) is 16.1. The third kappa shape index (κ3) is 2.55. The molecule has 0 bridgehead atoms. The SMILES string of the molecule is O=C1c2ccccc2[C@]2(O)[C@@H]1[C@H](c1ccccc1)[C@@H](c1ccccc1)[C@@]2(O)c1ccccc1. The quantitative estimate of drug-likeness (QED) is 0.470. The van der Waals surface area contributed by atoms with Gasteiger partial charge in [-0.25, -0.2) is 0 Å². The van der Waals surface area contributed by atoms with Crippen molar-refractivity contribution in [2.75, 3.05) is 0 Å². The van der Waals surface area contributed by atoms with Crippen LogP contribution in [-0.2, 0) is 11.2 Å². The Balaban J connectivity index is 1.73. The van der Waals surface area contributed by atoms with Crippen LogP contribution in [0.1, 0.15) is 44.4 Å². The normalized spacial score (nSPS) is 30.1. The molecule has 0 saturated heterocycles. The Morgan fingerprint density at radius 3 is 1.70 bits per heavy atom. The first-order valence-corrected chi connectivity index (χ1v) is 11.3. The predicted molar refractivity (Wildman–Crippen MR) is 127 cm³/mol. The van der Waals surface area contributed by atoms with Gasteiger partial charge in [0.2, 0.25) is 0 Å². The highest BCUT2D eigenvalue weighted by Gasteiger charge is 2.75. The number of carbonyl (C=O) groups excluding carboxylic acids is 1. The molecule has 162 valence electrons. The van der Waals surface area contributed by atoms with Crippen LogP contribution >= 0.6 is 0 Å². The summed E-state index contributed by atoms with van der Waals surface area (Å²) in [7, 11) is 0. The van der Waals surface area contributed by atoms with E-state index in [0.717, 1.165) is 11.1 Å². The van der Waals surface area contributed by atoms with E-state index in [0.29, 0.717) is 16.7 Å². The van der Waals surface area contributed by atoms with E-state index in [1.807, 2.05) is 103 Å². The zero-order chi connectivity index (χ0) is 22.6. The van der Waals surface area contributed by atoms with Gasteiger partial charge < -0.3 is 10.2 Å². The number of ketones is 1. The van der Waals surface area contributed by atoms with Crippen LogP contribution in [0.15, 0.2) is 115 Å². The average molecular weight is 433 g/mol. The number of fused-ring (bicyclic) bond motifs is 3. The zero-order valence-electron chi connectivity index (χ0n) is 18.0. The minimum absolute atomic E-state index is 0.116. The highest BCUT2D eigenvalue weighted by atomic mass is 16.4. The number of carbonyl (C=O) groups is 1. The smallest absolute Gasteiger partial charge is 0.170 e. The summed E-state index contributed by atoms with van der Waals surface area (Å²) in [6.07, 6.45) is 0. The summed E-state index contributed by atoms with van der Waals surface area (Å²) >= 11 is 0. The third-order valence-electron chi connectivity index (χ3n) is 7.64. The van der Waals surface area contributed by atoms with E-state index in [1.54, 1.807) is 12.1 Å². The minimum atomic E-state index is -1.77. The van der Waals surface area contributed by atoms with E-state index in [4.69, 9.17) is 0 Å². The summed E-state index contributed by atoms with van der Waals surface area (Å²) in [5, 5.41) is 25.4. The second-order valence-electron chi connectivity index (χ2n) is 9.11. The van der Waals surface area contributed by atoms with Crippen molar-refractivity contribution in [3.8, 4) is 0 Å². The van der Waals surface area contributed by atoms with Crippen LogP contribution in [0.25, 0.3) is 0 Å². The molecule has 0 spiro atoms. The fraction of sp³-hybridized carbons (Fsp3) is 0.167. The van der Waals surface area contributed by atoms with E-state index in [-0.39, 0.29) is 5.78 Å². The number of benzene rings is 4. The van der Waals surface area contributed by atoms with E-state index in [9.17, 15) is 15.0 Å². The molecular weight excluding hydrogens is 408 g/mol. The molecule has 2 N–H and O–H groups in total. The number of aliphatic hydroxyl groups is 2. The lowest BCUT2D eigenvalue weighted by atomic mass is 9.69. The fourth-order valence-electron chi connectivity index (χ4n) is 6.37. The van der Waals surface area contributed by atoms with Gasteiger partial charge in [-0.2, -0.15) is 0 Å². The number of hydrogen-bond acceptors (Lipinski definition) is 3. The monoisotopic (exact) mass is 432 g/mol. The molecule has 6 rings (SSSR count). The molecule has 1 fully saturated rings. The van der Waals surface area contributed by atoms with Crippen LogP contribution < -0.4 is 0 Å². The van der Waals surface area contributed by atoms with Crippen molar-refractivity contribution in [2.45, 2.75) is 23.0 Å². The Kier molecular flexibility index (Phi) is 4.41. The lowest BCUT2D eigenvalue weighted by Gasteiger charge is -2.42. The molecule has 0 unspecified atom stereocenters. The molecule has 0 aliphatic heterocycles. The Morgan fingerprint density at radius 2 is 1.06 bits per heavy atom. The molecule has 5 atom stereocenters. The van der Waals surface area contributed by atoms with Gasteiger partial charge in [-0.3, -0.25) is 4.79 Å². The third-order valence-corrected chi connectivity index (χ3v) is 7.64. The van der Waals surface area contributed by atoms with Crippen LogP contribution in [0.5, 0.6) is 0 Å².